The lowest BCUT2D eigenvalue weighted by Gasteiger charge is -2.30. The molecule has 0 aromatic carbocycles. The van der Waals surface area contributed by atoms with Crippen molar-refractivity contribution in [3.8, 4) is 0 Å². The van der Waals surface area contributed by atoms with Crippen molar-refractivity contribution in [2.45, 2.75) is 58.1 Å². The average molecular weight is 199 g/mol. The fourth-order valence-corrected chi connectivity index (χ4v) is 1.96. The first-order valence-electron chi connectivity index (χ1n) is 5.82. The van der Waals surface area contributed by atoms with Crippen molar-refractivity contribution in [3.63, 3.8) is 0 Å². The summed E-state index contributed by atoms with van der Waals surface area (Å²) in [5, 5.41) is 3.59. The van der Waals surface area contributed by atoms with E-state index >= 15 is 0 Å². The van der Waals surface area contributed by atoms with Crippen molar-refractivity contribution in [1.29, 1.82) is 0 Å². The summed E-state index contributed by atoms with van der Waals surface area (Å²) in [4.78, 5) is 0. The van der Waals surface area contributed by atoms with E-state index in [9.17, 15) is 0 Å². The maximum absolute atomic E-state index is 5.42. The SMILES string of the molecule is COC(C)(C)CC(C)NCC1CCC1. The fourth-order valence-electron chi connectivity index (χ4n) is 1.96. The molecule has 1 rings (SSSR count). The lowest BCUT2D eigenvalue weighted by Crippen LogP contribution is -2.39. The molecule has 0 aromatic rings. The zero-order valence-corrected chi connectivity index (χ0v) is 10.1. The van der Waals surface area contributed by atoms with Gasteiger partial charge in [0.2, 0.25) is 0 Å². The molecule has 0 aliphatic heterocycles. The van der Waals surface area contributed by atoms with Gasteiger partial charge >= 0.3 is 0 Å². The lowest BCUT2D eigenvalue weighted by molar-refractivity contribution is 0.00803. The Morgan fingerprint density at radius 2 is 2.07 bits per heavy atom. The maximum Gasteiger partial charge on any atom is 0.0637 e. The van der Waals surface area contributed by atoms with Crippen LogP contribution in [-0.2, 0) is 4.74 Å². The largest absolute Gasteiger partial charge is 0.379 e. The van der Waals surface area contributed by atoms with Crippen LogP contribution in [0.1, 0.15) is 46.5 Å². The molecule has 0 bridgehead atoms. The molecular formula is C12H25NO. The second kappa shape index (κ2) is 5.13. The van der Waals surface area contributed by atoms with E-state index in [0.29, 0.717) is 6.04 Å². The molecule has 1 fully saturated rings. The number of ether oxygens (including phenoxy) is 1. The third kappa shape index (κ3) is 3.97. The van der Waals surface area contributed by atoms with Gasteiger partial charge in [-0.2, -0.15) is 0 Å². The van der Waals surface area contributed by atoms with Gasteiger partial charge in [0.1, 0.15) is 0 Å². The number of hydrogen-bond acceptors (Lipinski definition) is 2. The zero-order valence-electron chi connectivity index (χ0n) is 10.1. The highest BCUT2D eigenvalue weighted by molar-refractivity contribution is 4.78. The molecule has 0 radical (unpaired) electrons. The first kappa shape index (κ1) is 12.0. The van der Waals surface area contributed by atoms with Gasteiger partial charge in [-0.1, -0.05) is 6.42 Å². The summed E-state index contributed by atoms with van der Waals surface area (Å²) in [7, 11) is 1.79. The van der Waals surface area contributed by atoms with Gasteiger partial charge in [-0.05, 0) is 52.5 Å². The van der Waals surface area contributed by atoms with Crippen molar-refractivity contribution < 1.29 is 4.74 Å². The highest BCUT2D eigenvalue weighted by atomic mass is 16.5. The first-order chi connectivity index (χ1) is 6.53. The number of hydrogen-bond donors (Lipinski definition) is 1. The summed E-state index contributed by atoms with van der Waals surface area (Å²) in [5.74, 6) is 0.947. The van der Waals surface area contributed by atoms with Gasteiger partial charge in [0.15, 0.2) is 0 Å². The van der Waals surface area contributed by atoms with Gasteiger partial charge in [-0.3, -0.25) is 0 Å². The number of methoxy groups -OCH3 is 1. The van der Waals surface area contributed by atoms with E-state index in [1.807, 2.05) is 0 Å². The second-order valence-corrected chi connectivity index (χ2v) is 5.27. The third-order valence-corrected chi connectivity index (χ3v) is 3.33. The van der Waals surface area contributed by atoms with Crippen LogP contribution in [0.3, 0.4) is 0 Å². The van der Waals surface area contributed by atoms with E-state index in [-0.39, 0.29) is 5.60 Å². The molecule has 2 nitrogen and oxygen atoms in total. The Morgan fingerprint density at radius 3 is 2.50 bits per heavy atom. The van der Waals surface area contributed by atoms with Crippen LogP contribution in [0, 0.1) is 5.92 Å². The van der Waals surface area contributed by atoms with E-state index in [1.165, 1.54) is 25.8 Å². The number of nitrogens with one attached hydrogen (secondary N) is 1. The minimum Gasteiger partial charge on any atom is -0.379 e. The summed E-state index contributed by atoms with van der Waals surface area (Å²) >= 11 is 0. The summed E-state index contributed by atoms with van der Waals surface area (Å²) in [5.41, 5.74) is 0.00598. The van der Waals surface area contributed by atoms with Crippen LogP contribution in [0.4, 0.5) is 0 Å². The Kier molecular flexibility index (Phi) is 4.39. The topological polar surface area (TPSA) is 21.3 Å². The Morgan fingerprint density at radius 1 is 1.43 bits per heavy atom. The summed E-state index contributed by atoms with van der Waals surface area (Å²) in [6, 6.07) is 0.561. The van der Waals surface area contributed by atoms with Gasteiger partial charge in [-0.15, -0.1) is 0 Å². The summed E-state index contributed by atoms with van der Waals surface area (Å²) in [6.45, 7) is 7.74. The average Bonchev–Trinajstić information content (AvgIpc) is 2.00. The van der Waals surface area contributed by atoms with Crippen molar-refractivity contribution in [2.24, 2.45) is 5.92 Å². The first-order valence-corrected chi connectivity index (χ1v) is 5.82. The van der Waals surface area contributed by atoms with Crippen LogP contribution < -0.4 is 5.32 Å². The van der Waals surface area contributed by atoms with E-state index in [4.69, 9.17) is 4.74 Å². The predicted octanol–water partition coefficient (Wildman–Crippen LogP) is 2.58. The van der Waals surface area contributed by atoms with Crippen molar-refractivity contribution in [3.05, 3.63) is 0 Å². The third-order valence-electron chi connectivity index (χ3n) is 3.33. The molecular weight excluding hydrogens is 174 g/mol. The standard InChI is InChI=1S/C12H25NO/c1-10(8-12(2,3)14-4)13-9-11-6-5-7-11/h10-11,13H,5-9H2,1-4H3. The highest BCUT2D eigenvalue weighted by Gasteiger charge is 2.22. The van der Waals surface area contributed by atoms with E-state index in [0.717, 1.165) is 12.3 Å². The fraction of sp³-hybridized carbons (Fsp3) is 1.00. The van der Waals surface area contributed by atoms with Crippen molar-refractivity contribution >= 4 is 0 Å². The van der Waals surface area contributed by atoms with Crippen LogP contribution in [0.25, 0.3) is 0 Å². The van der Waals surface area contributed by atoms with Gasteiger partial charge in [0, 0.05) is 13.2 Å². The molecule has 1 atom stereocenters. The van der Waals surface area contributed by atoms with Crippen LogP contribution in [0.15, 0.2) is 0 Å². The Hall–Kier alpha value is -0.0800. The molecule has 1 aliphatic carbocycles. The second-order valence-electron chi connectivity index (χ2n) is 5.27. The highest BCUT2D eigenvalue weighted by Crippen LogP contribution is 2.25. The minimum absolute atomic E-state index is 0.00598. The molecule has 1 unspecified atom stereocenters. The molecule has 0 saturated heterocycles. The molecule has 1 N–H and O–H groups in total. The summed E-state index contributed by atoms with van der Waals surface area (Å²) in [6.07, 6.45) is 5.36. The number of rotatable bonds is 6. The van der Waals surface area contributed by atoms with E-state index < -0.39 is 0 Å². The predicted molar refractivity (Wildman–Crippen MR) is 60.5 cm³/mol. The van der Waals surface area contributed by atoms with E-state index in [1.54, 1.807) is 7.11 Å². The smallest absolute Gasteiger partial charge is 0.0637 e. The van der Waals surface area contributed by atoms with Gasteiger partial charge < -0.3 is 10.1 Å². The molecule has 14 heavy (non-hydrogen) atoms. The van der Waals surface area contributed by atoms with Crippen molar-refractivity contribution in [1.82, 2.24) is 5.32 Å². The lowest BCUT2D eigenvalue weighted by atomic mass is 9.85. The molecule has 84 valence electrons. The van der Waals surface area contributed by atoms with Gasteiger partial charge in [0.25, 0.3) is 0 Å². The molecule has 0 spiro atoms. The van der Waals surface area contributed by atoms with E-state index in [2.05, 4.69) is 26.1 Å². The molecule has 0 heterocycles. The zero-order chi connectivity index (χ0) is 10.6. The van der Waals surface area contributed by atoms with Gasteiger partial charge in [0.05, 0.1) is 5.60 Å². The molecule has 2 heteroatoms. The Labute approximate surface area is 88.4 Å². The Bertz CT molecular complexity index is 164. The minimum atomic E-state index is 0.00598. The normalized spacial score (nSPS) is 20.6. The molecule has 1 saturated carbocycles. The molecule has 0 amide bonds. The monoisotopic (exact) mass is 199 g/mol. The van der Waals surface area contributed by atoms with Crippen molar-refractivity contribution in [2.75, 3.05) is 13.7 Å². The maximum atomic E-state index is 5.42. The van der Waals surface area contributed by atoms with Crippen LogP contribution in [-0.4, -0.2) is 25.3 Å². The van der Waals surface area contributed by atoms with Crippen LogP contribution in [0.5, 0.6) is 0 Å². The van der Waals surface area contributed by atoms with Gasteiger partial charge in [-0.25, -0.2) is 0 Å². The molecule has 1 aliphatic rings. The van der Waals surface area contributed by atoms with Crippen LogP contribution in [0.2, 0.25) is 0 Å². The quantitative estimate of drug-likeness (QED) is 0.710. The molecule has 0 aromatic heterocycles. The summed E-state index contributed by atoms with van der Waals surface area (Å²) < 4.78 is 5.42. The van der Waals surface area contributed by atoms with Crippen LogP contribution >= 0.6 is 0 Å². The Balaban J connectivity index is 2.11.